The average molecular weight is 997 g/mol. The molecule has 1 unspecified atom stereocenters. The van der Waals surface area contributed by atoms with Gasteiger partial charge in [-0.2, -0.15) is 0 Å². The van der Waals surface area contributed by atoms with E-state index in [1.807, 2.05) is 119 Å². The second-order valence-electron chi connectivity index (χ2n) is 21.3. The lowest BCUT2D eigenvalue weighted by atomic mass is 9.77. The number of thiazole rings is 1. The number of amides is 4. The normalized spacial score (nSPS) is 20.9. The first-order valence-corrected chi connectivity index (χ1v) is 26.1. The lowest BCUT2D eigenvalue weighted by Gasteiger charge is -2.33. The number of ether oxygens (including phenoxy) is 1. The van der Waals surface area contributed by atoms with E-state index >= 15 is 0 Å². The third-order valence-electron chi connectivity index (χ3n) is 15.0. The van der Waals surface area contributed by atoms with Crippen molar-refractivity contribution in [2.45, 2.75) is 142 Å². The summed E-state index contributed by atoms with van der Waals surface area (Å²) in [5, 5.41) is 18.7. The standard InChI is InChI=1S/C57H68N6O8S/c1-32-53(72-31-61-32)39-16-10-35(11-17-39)29-60-55(69)45-28-43(64)27-44(45)52(68)54(57(3,4)5)62-50(67)22-13-34-9-14-37-15-12-36(24-42(37)23-34)30-71-33(2)40(19-21-49(59)66)26-48(65)47-25-41-8-6-7-38-18-20-46(58)56(70)63(47)51(38)41/h6-12,14-17,23-24,31,33,40,43-47,54,64H,13,18-22,25-30,58H2,1-5H3,(H2,59,66)(H,60,69)(H,62,67)/t33-,40-,43+,44?,45-,46+,47+,54-/m1/s1. The van der Waals surface area contributed by atoms with Crippen LogP contribution in [0.15, 0.2) is 84.4 Å². The molecule has 0 spiro atoms. The molecule has 5 aromatic rings. The smallest absolute Gasteiger partial charge is 0.244 e. The van der Waals surface area contributed by atoms with Gasteiger partial charge in [0.25, 0.3) is 0 Å². The van der Waals surface area contributed by atoms with Crippen molar-refractivity contribution in [3.05, 3.63) is 118 Å². The van der Waals surface area contributed by atoms with Gasteiger partial charge in [-0.3, -0.25) is 33.7 Å². The SMILES string of the molecule is Cc1ncsc1-c1ccc(CNC(=O)[C@@H]2C[C@@H](O)CC2C(=O)[C@@H](NC(=O)CCc2ccc3ccc(CO[C@H](C)[C@H](CCC(N)=O)CC(=O)[C@@H]4Cc5cccc6c5N4C(=O)[C@@H](N)CC6)cc3c2)C(C)(C)C)cc1. The fourth-order valence-electron chi connectivity index (χ4n) is 10.8. The van der Waals surface area contributed by atoms with Crippen molar-refractivity contribution < 1.29 is 38.6 Å². The van der Waals surface area contributed by atoms with Crippen molar-refractivity contribution in [2.24, 2.45) is 34.6 Å². The minimum absolute atomic E-state index is 0.0915. The summed E-state index contributed by atoms with van der Waals surface area (Å²) < 4.78 is 6.42. The molecule has 0 bridgehead atoms. The van der Waals surface area contributed by atoms with Crippen molar-refractivity contribution in [3.8, 4) is 10.4 Å². The summed E-state index contributed by atoms with van der Waals surface area (Å²) in [4.78, 5) is 88.3. The molecule has 1 aromatic heterocycles. The molecule has 3 heterocycles. The molecule has 4 aromatic carbocycles. The van der Waals surface area contributed by atoms with Crippen LogP contribution in [0.1, 0.15) is 106 Å². The molecule has 1 fully saturated rings. The third-order valence-corrected chi connectivity index (χ3v) is 15.9. The van der Waals surface area contributed by atoms with Gasteiger partial charge in [-0.25, -0.2) is 4.98 Å². The molecule has 8 rings (SSSR count). The molecule has 7 N–H and O–H groups in total. The number of aromatic nitrogens is 1. The second kappa shape index (κ2) is 22.3. The number of para-hydroxylation sites is 1. The molecule has 0 radical (unpaired) electrons. The van der Waals surface area contributed by atoms with Gasteiger partial charge in [0.05, 0.1) is 64.6 Å². The summed E-state index contributed by atoms with van der Waals surface area (Å²) in [5.41, 5.74) is 20.6. The number of anilines is 1. The van der Waals surface area contributed by atoms with Gasteiger partial charge in [0.1, 0.15) is 0 Å². The maximum atomic E-state index is 14.3. The average Bonchev–Trinajstić information content (AvgIpc) is 4.07. The number of ketones is 2. The Balaban J connectivity index is 0.861. The number of nitrogens with two attached hydrogens (primary N) is 2. The molecule has 1 saturated carbocycles. The van der Waals surface area contributed by atoms with Gasteiger partial charge in [-0.05, 0) is 114 Å². The Labute approximate surface area is 425 Å². The fraction of sp³-hybridized carbons (Fsp3) is 0.456. The third kappa shape index (κ3) is 12.0. The zero-order chi connectivity index (χ0) is 51.4. The number of hydrogen-bond acceptors (Lipinski definition) is 11. The zero-order valence-electron chi connectivity index (χ0n) is 41.9. The van der Waals surface area contributed by atoms with Crippen LogP contribution in [0.2, 0.25) is 0 Å². The predicted molar refractivity (Wildman–Crippen MR) is 279 cm³/mol. The van der Waals surface area contributed by atoms with E-state index in [9.17, 15) is 33.9 Å². The molecule has 8 atom stereocenters. The monoisotopic (exact) mass is 996 g/mol. The minimum Gasteiger partial charge on any atom is -0.393 e. The van der Waals surface area contributed by atoms with Crippen molar-refractivity contribution in [1.82, 2.24) is 15.6 Å². The molecule has 380 valence electrons. The lowest BCUT2D eigenvalue weighted by Crippen LogP contribution is -2.52. The van der Waals surface area contributed by atoms with E-state index in [0.29, 0.717) is 32.1 Å². The molecule has 72 heavy (non-hydrogen) atoms. The van der Waals surface area contributed by atoms with Crippen molar-refractivity contribution in [1.29, 1.82) is 0 Å². The van der Waals surface area contributed by atoms with Crippen molar-refractivity contribution in [3.63, 3.8) is 0 Å². The number of nitrogens with one attached hydrogen (secondary N) is 2. The maximum Gasteiger partial charge on any atom is 0.244 e. The first kappa shape index (κ1) is 52.2. The number of rotatable bonds is 20. The predicted octanol–water partition coefficient (Wildman–Crippen LogP) is 6.99. The Morgan fingerprint density at radius 3 is 2.32 bits per heavy atom. The van der Waals surface area contributed by atoms with E-state index in [1.165, 1.54) is 0 Å². The number of benzene rings is 4. The number of aliphatic hydroxyl groups is 1. The van der Waals surface area contributed by atoms with Crippen LogP contribution >= 0.6 is 11.3 Å². The zero-order valence-corrected chi connectivity index (χ0v) is 42.8. The highest BCUT2D eigenvalue weighted by Gasteiger charge is 2.47. The second-order valence-corrected chi connectivity index (χ2v) is 22.1. The van der Waals surface area contributed by atoms with Gasteiger partial charge >= 0.3 is 0 Å². The number of Topliss-reactive ketones (excluding diaryl/α,β-unsaturated/α-hetero) is 2. The number of carbonyl (C=O) groups is 6. The van der Waals surface area contributed by atoms with E-state index in [4.69, 9.17) is 16.2 Å². The molecule has 1 aliphatic carbocycles. The molecular formula is C57H68N6O8S. The van der Waals surface area contributed by atoms with Crippen LogP contribution in [0.25, 0.3) is 21.2 Å². The van der Waals surface area contributed by atoms with Crippen molar-refractivity contribution >= 4 is 63.0 Å². The quantitative estimate of drug-likeness (QED) is 0.0538. The first-order valence-electron chi connectivity index (χ1n) is 25.3. The Morgan fingerprint density at radius 1 is 0.917 bits per heavy atom. The highest BCUT2D eigenvalue weighted by molar-refractivity contribution is 7.13. The number of primary amides is 1. The van der Waals surface area contributed by atoms with Crippen LogP contribution in [0.5, 0.6) is 0 Å². The van der Waals surface area contributed by atoms with Crippen LogP contribution in [0, 0.1) is 30.1 Å². The van der Waals surface area contributed by atoms with Gasteiger partial charge < -0.3 is 31.9 Å². The molecule has 3 aliphatic rings. The highest BCUT2D eigenvalue weighted by Crippen LogP contribution is 2.41. The summed E-state index contributed by atoms with van der Waals surface area (Å²) in [6.07, 6.45) is 1.78. The summed E-state index contributed by atoms with van der Waals surface area (Å²) in [6, 6.07) is 23.7. The Bertz CT molecular complexity index is 2840. The van der Waals surface area contributed by atoms with Gasteiger partial charge in [0.15, 0.2) is 11.6 Å². The van der Waals surface area contributed by atoms with E-state index in [0.717, 1.165) is 60.4 Å². The topological polar surface area (TPSA) is 224 Å². The Kier molecular flexibility index (Phi) is 16.2. The number of hydrogen-bond donors (Lipinski definition) is 5. The van der Waals surface area contributed by atoms with E-state index in [2.05, 4.69) is 15.6 Å². The molecule has 4 amide bonds. The Hall–Kier alpha value is -6.13. The van der Waals surface area contributed by atoms with Gasteiger partial charge in [0.2, 0.25) is 23.6 Å². The first-order chi connectivity index (χ1) is 34.3. The molecular weight excluding hydrogens is 929 g/mol. The number of aliphatic hydroxyl groups excluding tert-OH is 1. The summed E-state index contributed by atoms with van der Waals surface area (Å²) >= 11 is 1.58. The van der Waals surface area contributed by atoms with Gasteiger partial charge in [0, 0.05) is 38.1 Å². The van der Waals surface area contributed by atoms with Crippen molar-refractivity contribution in [2.75, 3.05) is 4.90 Å². The summed E-state index contributed by atoms with van der Waals surface area (Å²) in [7, 11) is 0. The molecule has 2 aliphatic heterocycles. The highest BCUT2D eigenvalue weighted by atomic mass is 32.1. The van der Waals surface area contributed by atoms with Crippen LogP contribution < -0.4 is 27.0 Å². The largest absolute Gasteiger partial charge is 0.393 e. The molecule has 14 nitrogen and oxygen atoms in total. The van der Waals surface area contributed by atoms with E-state index < -0.39 is 53.5 Å². The van der Waals surface area contributed by atoms with Crippen LogP contribution in [0.3, 0.4) is 0 Å². The number of fused-ring (bicyclic) bond motifs is 1. The molecule has 0 saturated heterocycles. The van der Waals surface area contributed by atoms with Gasteiger partial charge in [-0.1, -0.05) is 93.6 Å². The van der Waals surface area contributed by atoms with Gasteiger partial charge in [-0.15, -0.1) is 11.3 Å². The minimum atomic E-state index is -0.876. The Morgan fingerprint density at radius 2 is 1.61 bits per heavy atom. The number of carbonyl (C=O) groups excluding carboxylic acids is 6. The van der Waals surface area contributed by atoms with E-state index in [1.54, 1.807) is 16.2 Å². The maximum absolute atomic E-state index is 14.3. The molecule has 15 heteroatoms. The number of aryl methyl sites for hydroxylation is 3. The van der Waals surface area contributed by atoms with Crippen LogP contribution in [-0.4, -0.2) is 75.6 Å². The summed E-state index contributed by atoms with van der Waals surface area (Å²) in [6.45, 7) is 10.1. The fourth-order valence-corrected chi connectivity index (χ4v) is 11.6. The van der Waals surface area contributed by atoms with Crippen LogP contribution in [0.4, 0.5) is 5.69 Å². The number of nitrogens with zero attached hydrogens (tertiary/aromatic N) is 2. The summed E-state index contributed by atoms with van der Waals surface area (Å²) in [5.74, 6) is -3.46. The lowest BCUT2D eigenvalue weighted by molar-refractivity contribution is -0.137. The van der Waals surface area contributed by atoms with E-state index in [-0.39, 0.29) is 80.5 Å². The van der Waals surface area contributed by atoms with Crippen LogP contribution in [-0.2, 0) is 65.9 Å².